The van der Waals surface area contributed by atoms with E-state index in [1.807, 2.05) is 0 Å². The van der Waals surface area contributed by atoms with E-state index >= 15 is 0 Å². The lowest BCUT2D eigenvalue weighted by molar-refractivity contribution is 0.0511. The summed E-state index contributed by atoms with van der Waals surface area (Å²) >= 11 is 0. The highest BCUT2D eigenvalue weighted by atomic mass is 16.5. The summed E-state index contributed by atoms with van der Waals surface area (Å²) in [6.07, 6.45) is 1.07. The first-order chi connectivity index (χ1) is 9.97. The van der Waals surface area contributed by atoms with Crippen molar-refractivity contribution in [1.29, 1.82) is 0 Å². The lowest BCUT2D eigenvalue weighted by atomic mass is 9.96. The number of Topliss-reactive ketones (excluding diaryl/α,β-unsaturated/α-hetero) is 1. The molecule has 1 aromatic heterocycles. The summed E-state index contributed by atoms with van der Waals surface area (Å²) in [5, 5.41) is 9.52. The number of nitrogens with zero attached hydrogens (tertiary/aromatic N) is 1. The molecule has 0 spiro atoms. The van der Waals surface area contributed by atoms with Crippen LogP contribution in [0.5, 0.6) is 0 Å². The molecule has 0 bridgehead atoms. The number of aliphatic hydroxyl groups is 1. The maximum Gasteiger partial charge on any atom is 0.355 e. The van der Waals surface area contributed by atoms with Gasteiger partial charge in [0.25, 0.3) is 0 Å². The summed E-state index contributed by atoms with van der Waals surface area (Å²) in [4.78, 5) is 36.4. The van der Waals surface area contributed by atoms with Gasteiger partial charge in [-0.25, -0.2) is 4.79 Å². The molecule has 0 unspecified atom stereocenters. The molecule has 0 saturated carbocycles. The van der Waals surface area contributed by atoms with Gasteiger partial charge < -0.3 is 19.1 Å². The Morgan fingerprint density at radius 2 is 2.05 bits per heavy atom. The number of allylic oxidation sites excluding steroid dienone is 2. The molecule has 7 heteroatoms. The highest BCUT2D eigenvalue weighted by Crippen LogP contribution is 2.30. The van der Waals surface area contributed by atoms with E-state index in [0.29, 0.717) is 0 Å². The van der Waals surface area contributed by atoms with Gasteiger partial charge in [0.05, 0.1) is 25.9 Å². The van der Waals surface area contributed by atoms with Crippen LogP contribution in [0.1, 0.15) is 43.8 Å². The average Bonchev–Trinajstić information content (AvgIpc) is 2.76. The number of methoxy groups -OCH3 is 1. The van der Waals surface area contributed by atoms with E-state index in [1.165, 1.54) is 18.7 Å². The molecule has 112 valence electrons. The van der Waals surface area contributed by atoms with Crippen LogP contribution in [0.15, 0.2) is 11.8 Å². The van der Waals surface area contributed by atoms with Gasteiger partial charge in [-0.15, -0.1) is 0 Å². The summed E-state index contributed by atoms with van der Waals surface area (Å²) in [5.41, 5.74) is 0.115. The van der Waals surface area contributed by atoms with E-state index in [1.54, 1.807) is 6.92 Å². The van der Waals surface area contributed by atoms with Crippen molar-refractivity contribution in [2.75, 3.05) is 13.7 Å². The summed E-state index contributed by atoms with van der Waals surface area (Å²) < 4.78 is 11.1. The third kappa shape index (κ3) is 2.15. The minimum Gasteiger partial charge on any atom is -0.492 e. The number of hydrogen-bond acceptors (Lipinski definition) is 6. The molecule has 0 amide bonds. The molecule has 0 fully saturated rings. The normalized spacial score (nSPS) is 13.8. The first-order valence-electron chi connectivity index (χ1n) is 6.32. The molecule has 2 rings (SSSR count). The highest BCUT2D eigenvalue weighted by Gasteiger charge is 2.36. The van der Waals surface area contributed by atoms with Gasteiger partial charge in [0, 0.05) is 18.7 Å². The molecular weight excluding hydrogens is 278 g/mol. The second kappa shape index (κ2) is 5.53. The number of carbonyl (C=O) groups excluding carboxylic acids is 3. The highest BCUT2D eigenvalue weighted by molar-refractivity contribution is 6.24. The molecule has 1 N–H and O–H groups in total. The van der Waals surface area contributed by atoms with Crippen LogP contribution in [0, 0.1) is 0 Å². The Bertz CT molecular complexity index is 667. The second-order valence-corrected chi connectivity index (χ2v) is 4.39. The van der Waals surface area contributed by atoms with E-state index in [9.17, 15) is 19.5 Å². The topological polar surface area (TPSA) is 94.8 Å². The van der Waals surface area contributed by atoms with Crippen LogP contribution in [0.25, 0.3) is 0 Å². The average molecular weight is 293 g/mol. The summed E-state index contributed by atoms with van der Waals surface area (Å²) in [5.74, 6) is -1.82. The van der Waals surface area contributed by atoms with Gasteiger partial charge in [-0.05, 0) is 6.92 Å². The molecule has 0 aliphatic heterocycles. The van der Waals surface area contributed by atoms with Crippen molar-refractivity contribution >= 4 is 17.5 Å². The molecule has 0 saturated heterocycles. The fourth-order valence-electron chi connectivity index (χ4n) is 2.42. The van der Waals surface area contributed by atoms with Crippen LogP contribution in [0.2, 0.25) is 0 Å². The second-order valence-electron chi connectivity index (χ2n) is 4.39. The van der Waals surface area contributed by atoms with Crippen molar-refractivity contribution in [3.63, 3.8) is 0 Å². The predicted molar refractivity (Wildman–Crippen MR) is 71.0 cm³/mol. The van der Waals surface area contributed by atoms with Crippen molar-refractivity contribution in [2.45, 2.75) is 13.5 Å². The maximum atomic E-state index is 12.3. The quantitative estimate of drug-likeness (QED) is 0.817. The lowest BCUT2D eigenvalue weighted by Crippen LogP contribution is -2.20. The standard InChI is InChI=1S/C14H15NO6/c1-4-21-14(19)11-7(6-16)10-12(15(11)2)8(17)5-9(20-3)13(10)18/h5,16H,4,6H2,1-3H3. The SMILES string of the molecule is CCOC(=O)c1c(CO)c2c(n1C)C(=O)C=C(OC)C2=O. The Labute approximate surface area is 120 Å². The number of carbonyl (C=O) groups is 3. The monoisotopic (exact) mass is 293 g/mol. The van der Waals surface area contributed by atoms with Crippen molar-refractivity contribution < 1.29 is 29.0 Å². The smallest absolute Gasteiger partial charge is 0.355 e. The molecule has 0 aromatic carbocycles. The third-order valence-electron chi connectivity index (χ3n) is 3.29. The number of ether oxygens (including phenoxy) is 2. The summed E-state index contributed by atoms with van der Waals surface area (Å²) in [6, 6.07) is 0. The Kier molecular flexibility index (Phi) is 3.95. The fourth-order valence-corrected chi connectivity index (χ4v) is 2.42. The van der Waals surface area contributed by atoms with Crippen molar-refractivity contribution in [3.8, 4) is 0 Å². The number of hydrogen-bond donors (Lipinski definition) is 1. The Morgan fingerprint density at radius 3 is 2.57 bits per heavy atom. The number of fused-ring (bicyclic) bond motifs is 1. The summed E-state index contributed by atoms with van der Waals surface area (Å²) in [6.45, 7) is 1.22. The zero-order valence-electron chi connectivity index (χ0n) is 11.9. The molecule has 0 atom stereocenters. The van der Waals surface area contributed by atoms with Crippen molar-refractivity contribution in [1.82, 2.24) is 4.57 Å². The molecule has 1 heterocycles. The predicted octanol–water partition coefficient (Wildman–Crippen LogP) is 0.603. The van der Waals surface area contributed by atoms with Crippen LogP contribution in [-0.2, 0) is 23.1 Å². The lowest BCUT2D eigenvalue weighted by Gasteiger charge is -2.12. The number of esters is 1. The molecule has 1 aliphatic carbocycles. The first kappa shape index (κ1) is 15.0. The number of aliphatic hydroxyl groups excluding tert-OH is 1. The maximum absolute atomic E-state index is 12.3. The van der Waals surface area contributed by atoms with Crippen LogP contribution < -0.4 is 0 Å². The minimum atomic E-state index is -0.696. The van der Waals surface area contributed by atoms with Gasteiger partial charge >= 0.3 is 5.97 Å². The van der Waals surface area contributed by atoms with Gasteiger partial charge in [-0.1, -0.05) is 0 Å². The van der Waals surface area contributed by atoms with E-state index < -0.39 is 24.1 Å². The van der Waals surface area contributed by atoms with E-state index in [2.05, 4.69) is 0 Å². The molecule has 1 aromatic rings. The van der Waals surface area contributed by atoms with Crippen molar-refractivity contribution in [3.05, 3.63) is 34.3 Å². The van der Waals surface area contributed by atoms with Gasteiger partial charge in [-0.2, -0.15) is 0 Å². The fraction of sp³-hybridized carbons (Fsp3) is 0.357. The van der Waals surface area contributed by atoms with Crippen LogP contribution >= 0.6 is 0 Å². The zero-order valence-corrected chi connectivity index (χ0v) is 11.9. The largest absolute Gasteiger partial charge is 0.492 e. The minimum absolute atomic E-state index is 0.00296. The van der Waals surface area contributed by atoms with Gasteiger partial charge in [-0.3, -0.25) is 9.59 Å². The van der Waals surface area contributed by atoms with E-state index in [0.717, 1.165) is 6.08 Å². The molecule has 7 nitrogen and oxygen atoms in total. The van der Waals surface area contributed by atoms with Crippen LogP contribution in [0.4, 0.5) is 0 Å². The number of ketones is 2. The molecule has 21 heavy (non-hydrogen) atoms. The van der Waals surface area contributed by atoms with Gasteiger partial charge in [0.15, 0.2) is 5.76 Å². The van der Waals surface area contributed by atoms with Gasteiger partial charge in [0.1, 0.15) is 11.4 Å². The van der Waals surface area contributed by atoms with E-state index in [4.69, 9.17) is 9.47 Å². The Hall–Kier alpha value is -2.41. The Balaban J connectivity index is 2.71. The van der Waals surface area contributed by atoms with E-state index in [-0.39, 0.29) is 34.9 Å². The van der Waals surface area contributed by atoms with Crippen LogP contribution in [-0.4, -0.2) is 40.9 Å². The summed E-state index contributed by atoms with van der Waals surface area (Å²) in [7, 11) is 2.75. The Morgan fingerprint density at radius 1 is 1.38 bits per heavy atom. The first-order valence-corrected chi connectivity index (χ1v) is 6.32. The third-order valence-corrected chi connectivity index (χ3v) is 3.29. The zero-order chi connectivity index (χ0) is 15.7. The molecule has 1 aliphatic rings. The number of aromatic nitrogens is 1. The van der Waals surface area contributed by atoms with Crippen molar-refractivity contribution in [2.24, 2.45) is 7.05 Å². The van der Waals surface area contributed by atoms with Gasteiger partial charge in [0.2, 0.25) is 11.6 Å². The molecular formula is C14H15NO6. The molecule has 0 radical (unpaired) electrons. The van der Waals surface area contributed by atoms with Crippen LogP contribution in [0.3, 0.4) is 0 Å². The number of rotatable bonds is 4.